The van der Waals surface area contributed by atoms with Crippen molar-refractivity contribution >= 4 is 71.9 Å². The van der Waals surface area contributed by atoms with Crippen LogP contribution in [0.5, 0.6) is 0 Å². The number of fused-ring (bicyclic) bond motifs is 3. The minimum atomic E-state index is 0.695. The van der Waals surface area contributed by atoms with Gasteiger partial charge in [0, 0.05) is 20.9 Å². The number of para-hydroxylation sites is 2. The second-order valence-corrected chi connectivity index (χ2v) is 8.81. The van der Waals surface area contributed by atoms with Crippen molar-refractivity contribution in [2.75, 3.05) is 0 Å². The van der Waals surface area contributed by atoms with E-state index in [0.29, 0.717) is 9.73 Å². The molecule has 0 unspecified atom stereocenters. The van der Waals surface area contributed by atoms with Gasteiger partial charge in [0.05, 0.1) is 20.8 Å². The SMILES string of the molecule is S=C(C(=S)c1ccc(-n2c3ccccc3c3ccccc32)cc1)c1ccc(Br)cc1. The van der Waals surface area contributed by atoms with E-state index in [-0.39, 0.29) is 0 Å². The average molecular weight is 486 g/mol. The summed E-state index contributed by atoms with van der Waals surface area (Å²) in [5.74, 6) is 0. The molecule has 1 heterocycles. The standard InChI is InChI=1S/C26H16BrNS2/c27-19-13-9-17(10-14-19)25(29)26(30)18-11-15-20(16-12-18)28-23-7-3-1-5-21(23)22-6-2-4-8-24(22)28/h1-16H. The normalized spacial score (nSPS) is 11.1. The number of thiocarbonyl (C=S) groups is 2. The maximum atomic E-state index is 5.70. The largest absolute Gasteiger partial charge is 0.309 e. The molecule has 5 aromatic rings. The molecule has 0 aliphatic heterocycles. The summed E-state index contributed by atoms with van der Waals surface area (Å²) in [5, 5.41) is 2.51. The third-order valence-corrected chi connectivity index (χ3v) is 6.82. The topological polar surface area (TPSA) is 4.93 Å². The summed E-state index contributed by atoms with van der Waals surface area (Å²) in [7, 11) is 0. The second kappa shape index (κ2) is 7.88. The Kier molecular flexibility index (Phi) is 5.07. The number of hydrogen-bond donors (Lipinski definition) is 0. The molecule has 0 N–H and O–H groups in total. The van der Waals surface area contributed by atoms with E-state index < -0.39 is 0 Å². The highest BCUT2D eigenvalue weighted by Crippen LogP contribution is 2.31. The molecule has 0 atom stereocenters. The van der Waals surface area contributed by atoms with Crippen LogP contribution in [-0.2, 0) is 0 Å². The third-order valence-electron chi connectivity index (χ3n) is 5.28. The van der Waals surface area contributed by atoms with Crippen LogP contribution in [0.4, 0.5) is 0 Å². The highest BCUT2D eigenvalue weighted by Gasteiger charge is 2.13. The van der Waals surface area contributed by atoms with Crippen LogP contribution in [0.1, 0.15) is 11.1 Å². The van der Waals surface area contributed by atoms with Gasteiger partial charge in [-0.2, -0.15) is 0 Å². The zero-order valence-corrected chi connectivity index (χ0v) is 19.1. The lowest BCUT2D eigenvalue weighted by Gasteiger charge is -2.10. The minimum absolute atomic E-state index is 0.695. The molecule has 0 aliphatic rings. The molecule has 0 radical (unpaired) electrons. The molecular weight excluding hydrogens is 470 g/mol. The van der Waals surface area contributed by atoms with Crippen molar-refractivity contribution < 1.29 is 0 Å². The first-order valence-corrected chi connectivity index (χ1v) is 11.2. The Morgan fingerprint density at radius 3 is 1.50 bits per heavy atom. The summed E-state index contributed by atoms with van der Waals surface area (Å²) < 4.78 is 3.32. The molecule has 144 valence electrons. The molecule has 0 aliphatic carbocycles. The van der Waals surface area contributed by atoms with E-state index in [4.69, 9.17) is 24.4 Å². The number of benzene rings is 4. The van der Waals surface area contributed by atoms with E-state index in [1.54, 1.807) is 0 Å². The molecule has 0 spiro atoms. The van der Waals surface area contributed by atoms with E-state index in [1.807, 2.05) is 24.3 Å². The molecule has 30 heavy (non-hydrogen) atoms. The minimum Gasteiger partial charge on any atom is -0.309 e. The fraction of sp³-hybridized carbons (Fsp3) is 0. The average Bonchev–Trinajstić information content (AvgIpc) is 3.13. The highest BCUT2D eigenvalue weighted by molar-refractivity contribution is 9.10. The van der Waals surface area contributed by atoms with Gasteiger partial charge >= 0.3 is 0 Å². The van der Waals surface area contributed by atoms with Crippen LogP contribution in [0.25, 0.3) is 27.5 Å². The monoisotopic (exact) mass is 485 g/mol. The summed E-state index contributed by atoms with van der Waals surface area (Å²) in [6.45, 7) is 0. The van der Waals surface area contributed by atoms with Gasteiger partial charge in [-0.1, -0.05) is 101 Å². The van der Waals surface area contributed by atoms with Gasteiger partial charge in [-0.25, -0.2) is 0 Å². The predicted octanol–water partition coefficient (Wildman–Crippen LogP) is 7.68. The lowest BCUT2D eigenvalue weighted by Crippen LogP contribution is -2.12. The summed E-state index contributed by atoms with van der Waals surface area (Å²) in [6, 6.07) is 33.3. The van der Waals surface area contributed by atoms with Gasteiger partial charge in [-0.05, 0) is 47.5 Å². The number of hydrogen-bond acceptors (Lipinski definition) is 2. The Labute approximate surface area is 194 Å². The van der Waals surface area contributed by atoms with Crippen molar-refractivity contribution in [3.05, 3.63) is 113 Å². The van der Waals surface area contributed by atoms with Crippen molar-refractivity contribution in [2.24, 2.45) is 0 Å². The molecule has 1 nitrogen and oxygen atoms in total. The van der Waals surface area contributed by atoms with Crippen molar-refractivity contribution in [3.63, 3.8) is 0 Å². The summed E-state index contributed by atoms with van der Waals surface area (Å²) in [4.78, 5) is 1.39. The van der Waals surface area contributed by atoms with Crippen LogP contribution >= 0.6 is 40.4 Å². The van der Waals surface area contributed by atoms with Gasteiger partial charge in [0.2, 0.25) is 0 Å². The Morgan fingerprint density at radius 1 is 0.567 bits per heavy atom. The first kappa shape index (κ1) is 19.3. The first-order valence-electron chi connectivity index (χ1n) is 9.57. The van der Waals surface area contributed by atoms with Crippen molar-refractivity contribution in [1.29, 1.82) is 0 Å². The fourth-order valence-electron chi connectivity index (χ4n) is 3.83. The van der Waals surface area contributed by atoms with Gasteiger partial charge < -0.3 is 4.57 Å². The predicted molar refractivity (Wildman–Crippen MR) is 138 cm³/mol. The summed E-state index contributed by atoms with van der Waals surface area (Å²) in [6.07, 6.45) is 0. The molecule has 1 aromatic heterocycles. The Morgan fingerprint density at radius 2 is 1.00 bits per heavy atom. The van der Waals surface area contributed by atoms with E-state index in [9.17, 15) is 0 Å². The Bertz CT molecular complexity index is 1360. The van der Waals surface area contributed by atoms with Crippen LogP contribution in [0, 0.1) is 0 Å². The third kappa shape index (κ3) is 3.31. The van der Waals surface area contributed by atoms with Crippen molar-refractivity contribution in [3.8, 4) is 5.69 Å². The lowest BCUT2D eigenvalue weighted by molar-refractivity contribution is 1.18. The van der Waals surface area contributed by atoms with Gasteiger partial charge in [-0.3, -0.25) is 0 Å². The van der Waals surface area contributed by atoms with E-state index in [2.05, 4.69) is 93.3 Å². The molecule has 4 aromatic carbocycles. The zero-order chi connectivity index (χ0) is 20.7. The molecule has 0 amide bonds. The van der Waals surface area contributed by atoms with E-state index in [0.717, 1.165) is 21.3 Å². The van der Waals surface area contributed by atoms with Crippen LogP contribution in [0.3, 0.4) is 0 Å². The van der Waals surface area contributed by atoms with Crippen LogP contribution in [-0.4, -0.2) is 14.3 Å². The molecule has 4 heteroatoms. The van der Waals surface area contributed by atoms with Gasteiger partial charge in [0.15, 0.2) is 0 Å². The molecule has 0 saturated carbocycles. The number of halogens is 1. The first-order chi connectivity index (χ1) is 14.6. The lowest BCUT2D eigenvalue weighted by atomic mass is 10.0. The van der Waals surface area contributed by atoms with Gasteiger partial charge in [0.1, 0.15) is 0 Å². The smallest absolute Gasteiger partial charge is 0.0636 e. The Hall–Kier alpha value is -2.66. The Balaban J connectivity index is 1.55. The highest BCUT2D eigenvalue weighted by atomic mass is 79.9. The van der Waals surface area contributed by atoms with E-state index in [1.165, 1.54) is 21.8 Å². The second-order valence-electron chi connectivity index (χ2n) is 7.08. The van der Waals surface area contributed by atoms with Crippen molar-refractivity contribution in [1.82, 2.24) is 4.57 Å². The molecule has 0 saturated heterocycles. The molecule has 0 bridgehead atoms. The maximum Gasteiger partial charge on any atom is 0.0636 e. The summed E-state index contributed by atoms with van der Waals surface area (Å²) >= 11 is 14.8. The quantitative estimate of drug-likeness (QED) is 0.190. The number of nitrogens with zero attached hydrogens (tertiary/aromatic N) is 1. The van der Waals surface area contributed by atoms with Gasteiger partial charge in [0.25, 0.3) is 0 Å². The van der Waals surface area contributed by atoms with Crippen LogP contribution in [0.15, 0.2) is 102 Å². The number of rotatable bonds is 4. The number of aromatic nitrogens is 1. The van der Waals surface area contributed by atoms with E-state index >= 15 is 0 Å². The molecule has 0 fully saturated rings. The van der Waals surface area contributed by atoms with Gasteiger partial charge in [-0.15, -0.1) is 0 Å². The van der Waals surface area contributed by atoms with Crippen LogP contribution < -0.4 is 0 Å². The molecular formula is C26H16BrNS2. The van der Waals surface area contributed by atoms with Crippen molar-refractivity contribution in [2.45, 2.75) is 0 Å². The zero-order valence-electron chi connectivity index (χ0n) is 15.9. The van der Waals surface area contributed by atoms with Crippen LogP contribution in [0.2, 0.25) is 0 Å². The summed E-state index contributed by atoms with van der Waals surface area (Å²) in [5.41, 5.74) is 5.42. The maximum absolute atomic E-state index is 5.70. The molecule has 5 rings (SSSR count). The fourth-order valence-corrected chi connectivity index (χ4v) is 4.60.